The third-order valence-electron chi connectivity index (χ3n) is 5.52. The number of aryl methyl sites for hydroxylation is 1. The standard InChI is InChI=1S/C24H31N3O6S/c1-4-19(24(29)30)23-15(2)26-21-13-18(8-9-20(21)23)33-11-10-25-14-22(28)16-6-5-7-17(12-16)27-34(3,31)32/h5-9,12-13,19,22,25-28H,4,10-11,14H2,1-3H3,(H,29,30)/t19?,22-/m0/s1. The molecule has 0 aliphatic heterocycles. The summed E-state index contributed by atoms with van der Waals surface area (Å²) in [6.07, 6.45) is 0.777. The van der Waals surface area contributed by atoms with Crippen LogP contribution < -0.4 is 14.8 Å². The zero-order valence-electron chi connectivity index (χ0n) is 19.5. The van der Waals surface area contributed by atoms with E-state index in [1.165, 1.54) is 0 Å². The number of aliphatic hydroxyl groups excluding tert-OH is 1. The van der Waals surface area contributed by atoms with Crippen LogP contribution in [0.5, 0.6) is 5.75 Å². The van der Waals surface area contributed by atoms with E-state index < -0.39 is 28.0 Å². The first-order valence-electron chi connectivity index (χ1n) is 11.0. The van der Waals surface area contributed by atoms with Crippen LogP contribution in [0.1, 0.15) is 42.2 Å². The summed E-state index contributed by atoms with van der Waals surface area (Å²) in [5, 5.41) is 23.9. The lowest BCUT2D eigenvalue weighted by molar-refractivity contribution is -0.138. The number of H-pyrrole nitrogens is 1. The van der Waals surface area contributed by atoms with Crippen LogP contribution in [0.15, 0.2) is 42.5 Å². The quantitative estimate of drug-likeness (QED) is 0.246. The molecule has 34 heavy (non-hydrogen) atoms. The van der Waals surface area contributed by atoms with Crippen LogP contribution in [0.4, 0.5) is 5.69 Å². The van der Waals surface area contributed by atoms with Crippen molar-refractivity contribution in [2.45, 2.75) is 32.3 Å². The predicted molar refractivity (Wildman–Crippen MR) is 132 cm³/mol. The molecule has 3 rings (SSSR count). The molecule has 2 aromatic carbocycles. The van der Waals surface area contributed by atoms with Crippen molar-refractivity contribution in [3.05, 3.63) is 59.3 Å². The van der Waals surface area contributed by atoms with Crippen LogP contribution in [0.3, 0.4) is 0 Å². The number of benzene rings is 2. The maximum Gasteiger partial charge on any atom is 0.311 e. The number of carboxylic acids is 1. The maximum atomic E-state index is 11.6. The van der Waals surface area contributed by atoms with Crippen molar-refractivity contribution in [1.29, 1.82) is 0 Å². The molecule has 2 atom stereocenters. The Morgan fingerprint density at radius 1 is 1.21 bits per heavy atom. The van der Waals surface area contributed by atoms with E-state index in [1.807, 2.05) is 32.0 Å². The molecule has 0 saturated carbocycles. The van der Waals surface area contributed by atoms with Crippen molar-refractivity contribution in [2.75, 3.05) is 30.7 Å². The number of carboxylic acid groups (broad SMARTS) is 1. The number of aliphatic carboxylic acids is 1. The number of fused-ring (bicyclic) bond motifs is 1. The Kier molecular flexibility index (Phi) is 8.19. The Bertz CT molecular complexity index is 1250. The summed E-state index contributed by atoms with van der Waals surface area (Å²) >= 11 is 0. The molecule has 0 amide bonds. The number of hydrogen-bond acceptors (Lipinski definition) is 6. The fourth-order valence-corrected chi connectivity index (χ4v) is 4.55. The van der Waals surface area contributed by atoms with Gasteiger partial charge in [0.05, 0.1) is 18.3 Å². The zero-order chi connectivity index (χ0) is 24.9. The highest BCUT2D eigenvalue weighted by Crippen LogP contribution is 2.33. The van der Waals surface area contributed by atoms with Crippen LogP contribution >= 0.6 is 0 Å². The minimum Gasteiger partial charge on any atom is -0.492 e. The number of ether oxygens (including phenoxy) is 1. The van der Waals surface area contributed by atoms with Gasteiger partial charge in [-0.1, -0.05) is 19.1 Å². The number of carbonyl (C=O) groups is 1. The SMILES string of the molecule is CCC(C(=O)O)c1c(C)[nH]c2cc(OCCNC[C@H](O)c3cccc(NS(C)(=O)=O)c3)ccc12. The lowest BCUT2D eigenvalue weighted by Gasteiger charge is -2.14. The topological polar surface area (TPSA) is 141 Å². The molecule has 0 radical (unpaired) electrons. The van der Waals surface area contributed by atoms with Crippen LogP contribution in [0.2, 0.25) is 0 Å². The number of anilines is 1. The van der Waals surface area contributed by atoms with E-state index in [0.717, 1.165) is 28.4 Å². The van der Waals surface area contributed by atoms with Gasteiger partial charge in [0, 0.05) is 41.4 Å². The number of nitrogens with one attached hydrogen (secondary N) is 3. The van der Waals surface area contributed by atoms with Gasteiger partial charge in [-0.3, -0.25) is 9.52 Å². The third-order valence-corrected chi connectivity index (χ3v) is 6.13. The molecule has 3 aromatic rings. The molecule has 5 N–H and O–H groups in total. The van der Waals surface area contributed by atoms with Gasteiger partial charge in [-0.25, -0.2) is 8.42 Å². The molecule has 1 unspecified atom stereocenters. The van der Waals surface area contributed by atoms with E-state index in [9.17, 15) is 23.4 Å². The second kappa shape index (κ2) is 10.9. The molecule has 9 nitrogen and oxygen atoms in total. The van der Waals surface area contributed by atoms with Gasteiger partial charge in [-0.15, -0.1) is 0 Å². The third kappa shape index (κ3) is 6.49. The van der Waals surface area contributed by atoms with E-state index in [4.69, 9.17) is 4.74 Å². The van der Waals surface area contributed by atoms with E-state index in [1.54, 1.807) is 24.3 Å². The first-order valence-corrected chi connectivity index (χ1v) is 12.9. The number of aromatic amines is 1. The first-order chi connectivity index (χ1) is 16.1. The number of aromatic nitrogens is 1. The highest BCUT2D eigenvalue weighted by molar-refractivity contribution is 7.92. The zero-order valence-corrected chi connectivity index (χ0v) is 20.3. The fraction of sp³-hybridized carbons (Fsp3) is 0.375. The minimum absolute atomic E-state index is 0.275. The van der Waals surface area contributed by atoms with E-state index in [-0.39, 0.29) is 6.54 Å². The summed E-state index contributed by atoms with van der Waals surface area (Å²) in [5.74, 6) is -0.733. The fourth-order valence-electron chi connectivity index (χ4n) is 4.00. The number of aliphatic hydroxyl groups is 1. The van der Waals surface area contributed by atoms with Gasteiger partial charge in [0.25, 0.3) is 0 Å². The highest BCUT2D eigenvalue weighted by Gasteiger charge is 2.23. The average Bonchev–Trinajstić information content (AvgIpc) is 3.07. The highest BCUT2D eigenvalue weighted by atomic mass is 32.2. The van der Waals surface area contributed by atoms with Crippen LogP contribution in [-0.4, -0.2) is 55.5 Å². The minimum atomic E-state index is -3.39. The van der Waals surface area contributed by atoms with Crippen LogP contribution in [0.25, 0.3) is 10.9 Å². The predicted octanol–water partition coefficient (Wildman–Crippen LogP) is 3.13. The van der Waals surface area contributed by atoms with Crippen molar-refractivity contribution >= 4 is 32.6 Å². The molecule has 0 bridgehead atoms. The molecular weight excluding hydrogens is 458 g/mol. The van der Waals surface area contributed by atoms with Gasteiger partial charge in [-0.05, 0) is 48.7 Å². The monoisotopic (exact) mass is 489 g/mol. The van der Waals surface area contributed by atoms with Gasteiger partial charge in [-0.2, -0.15) is 0 Å². The molecule has 1 heterocycles. The van der Waals surface area contributed by atoms with Crippen LogP contribution in [-0.2, 0) is 14.8 Å². The molecule has 0 aliphatic rings. The average molecular weight is 490 g/mol. The molecule has 1 aromatic heterocycles. The van der Waals surface area contributed by atoms with Crippen molar-refractivity contribution in [2.24, 2.45) is 0 Å². The summed E-state index contributed by atoms with van der Waals surface area (Å²) < 4.78 is 31.0. The number of sulfonamides is 1. The summed E-state index contributed by atoms with van der Waals surface area (Å²) in [6.45, 7) is 4.87. The Morgan fingerprint density at radius 2 is 1.97 bits per heavy atom. The first kappa shape index (κ1) is 25.5. The van der Waals surface area contributed by atoms with Crippen molar-refractivity contribution < 1.29 is 28.2 Å². The molecular formula is C24H31N3O6S. The number of hydrogen-bond donors (Lipinski definition) is 5. The van der Waals surface area contributed by atoms with Crippen molar-refractivity contribution in [3.63, 3.8) is 0 Å². The van der Waals surface area contributed by atoms with Gasteiger partial charge in [0.2, 0.25) is 10.0 Å². The summed E-state index contributed by atoms with van der Waals surface area (Å²) in [7, 11) is -3.39. The van der Waals surface area contributed by atoms with E-state index in [2.05, 4.69) is 15.0 Å². The number of rotatable bonds is 12. The summed E-state index contributed by atoms with van der Waals surface area (Å²) in [6, 6.07) is 12.2. The van der Waals surface area contributed by atoms with Crippen LogP contribution in [0, 0.1) is 6.92 Å². The normalized spacial score (nSPS) is 13.5. The summed E-state index contributed by atoms with van der Waals surface area (Å²) in [5.41, 5.74) is 3.47. The molecule has 10 heteroatoms. The molecule has 0 fully saturated rings. The smallest absolute Gasteiger partial charge is 0.311 e. The molecule has 0 aliphatic carbocycles. The van der Waals surface area contributed by atoms with Gasteiger partial charge in [0.15, 0.2) is 0 Å². The second-order valence-electron chi connectivity index (χ2n) is 8.24. The van der Waals surface area contributed by atoms with Gasteiger partial charge in [0.1, 0.15) is 12.4 Å². The largest absolute Gasteiger partial charge is 0.492 e. The van der Waals surface area contributed by atoms with Crippen molar-refractivity contribution in [3.8, 4) is 5.75 Å². The maximum absolute atomic E-state index is 11.6. The Labute approximate surface area is 199 Å². The van der Waals surface area contributed by atoms with Crippen molar-refractivity contribution in [1.82, 2.24) is 10.3 Å². The second-order valence-corrected chi connectivity index (χ2v) is 9.99. The van der Waals surface area contributed by atoms with Gasteiger partial charge < -0.3 is 25.3 Å². The molecule has 0 spiro atoms. The lowest BCUT2D eigenvalue weighted by Crippen LogP contribution is -2.26. The lowest BCUT2D eigenvalue weighted by atomic mass is 9.94. The summed E-state index contributed by atoms with van der Waals surface area (Å²) in [4.78, 5) is 14.9. The van der Waals surface area contributed by atoms with E-state index in [0.29, 0.717) is 36.6 Å². The molecule has 0 saturated heterocycles. The molecule has 184 valence electrons. The van der Waals surface area contributed by atoms with Gasteiger partial charge >= 0.3 is 5.97 Å². The Morgan fingerprint density at radius 3 is 2.65 bits per heavy atom. The Balaban J connectivity index is 1.53. The Hall–Kier alpha value is -3.08. The van der Waals surface area contributed by atoms with E-state index >= 15 is 0 Å².